The van der Waals surface area contributed by atoms with E-state index in [-0.39, 0.29) is 17.5 Å². The lowest BCUT2D eigenvalue weighted by atomic mass is 9.89. The number of carbonyl (C=O) groups is 1. The van der Waals surface area contributed by atoms with Crippen molar-refractivity contribution in [2.75, 3.05) is 31.1 Å². The van der Waals surface area contributed by atoms with E-state index in [4.69, 9.17) is 0 Å². The predicted molar refractivity (Wildman–Crippen MR) is 136 cm³/mol. The molecule has 0 N–H and O–H groups in total. The molecule has 170 valence electrons. The number of para-hydroxylation sites is 1. The lowest BCUT2D eigenvalue weighted by Gasteiger charge is -2.35. The molecule has 0 aliphatic carbocycles. The molecule has 3 nitrogen and oxygen atoms in total. The number of halogens is 2. The third kappa shape index (κ3) is 5.03. The molecule has 33 heavy (non-hydrogen) atoms. The van der Waals surface area contributed by atoms with Crippen LogP contribution in [0, 0.1) is 11.7 Å². The number of benzene rings is 3. The first-order chi connectivity index (χ1) is 16.1. The summed E-state index contributed by atoms with van der Waals surface area (Å²) in [6.07, 6.45) is 2.80. The minimum absolute atomic E-state index is 0.0435. The van der Waals surface area contributed by atoms with Crippen LogP contribution >= 0.6 is 27.7 Å². The topological polar surface area (TPSA) is 23.6 Å². The van der Waals surface area contributed by atoms with Gasteiger partial charge >= 0.3 is 0 Å². The van der Waals surface area contributed by atoms with Gasteiger partial charge in [0.1, 0.15) is 5.82 Å². The number of hydrogen-bond donors (Lipinski definition) is 0. The van der Waals surface area contributed by atoms with Crippen molar-refractivity contribution in [3.8, 4) is 0 Å². The second-order valence-electron chi connectivity index (χ2n) is 8.67. The summed E-state index contributed by atoms with van der Waals surface area (Å²) in [7, 11) is 0. The molecule has 3 aromatic rings. The van der Waals surface area contributed by atoms with Crippen LogP contribution in [0.25, 0.3) is 0 Å². The molecule has 0 saturated carbocycles. The van der Waals surface area contributed by atoms with Gasteiger partial charge in [-0.1, -0.05) is 39.8 Å². The number of ketones is 1. The van der Waals surface area contributed by atoms with E-state index in [0.29, 0.717) is 5.56 Å². The maximum Gasteiger partial charge on any atom is 0.166 e. The first-order valence-electron chi connectivity index (χ1n) is 11.4. The van der Waals surface area contributed by atoms with Crippen molar-refractivity contribution < 1.29 is 9.18 Å². The highest BCUT2D eigenvalue weighted by molar-refractivity contribution is 9.10. The summed E-state index contributed by atoms with van der Waals surface area (Å²) in [6, 6.07) is 21.1. The minimum Gasteiger partial charge on any atom is -0.340 e. The average Bonchev–Trinajstić information content (AvgIpc) is 2.84. The van der Waals surface area contributed by atoms with E-state index in [1.807, 2.05) is 11.8 Å². The molecule has 1 fully saturated rings. The molecule has 0 aromatic heterocycles. The summed E-state index contributed by atoms with van der Waals surface area (Å²) < 4.78 is 14.3. The molecule has 0 radical (unpaired) electrons. The lowest BCUT2D eigenvalue weighted by molar-refractivity contribution is 0.0840. The summed E-state index contributed by atoms with van der Waals surface area (Å²) in [6.45, 7) is 3.85. The Bertz CT molecular complexity index is 1150. The summed E-state index contributed by atoms with van der Waals surface area (Å²) in [5, 5.41) is 0. The van der Waals surface area contributed by atoms with Gasteiger partial charge in [-0.05, 0) is 93.5 Å². The molecule has 2 heterocycles. The van der Waals surface area contributed by atoms with Gasteiger partial charge < -0.3 is 9.80 Å². The van der Waals surface area contributed by atoms with Crippen LogP contribution in [0.15, 0.2) is 81.0 Å². The molecular formula is C27H26BrFN2OS. The number of likely N-dealkylation sites (tertiary alicyclic amines) is 1. The second kappa shape index (κ2) is 10.00. The van der Waals surface area contributed by atoms with Gasteiger partial charge in [-0.25, -0.2) is 4.39 Å². The highest BCUT2D eigenvalue weighted by Gasteiger charge is 2.27. The zero-order valence-electron chi connectivity index (χ0n) is 18.3. The molecule has 3 aromatic carbocycles. The first-order valence-corrected chi connectivity index (χ1v) is 13.1. The molecule has 0 spiro atoms. The third-order valence-corrected chi connectivity index (χ3v) is 8.15. The summed E-state index contributed by atoms with van der Waals surface area (Å²) in [5.41, 5.74) is 3.16. The molecule has 0 bridgehead atoms. The quantitative estimate of drug-likeness (QED) is 0.318. The van der Waals surface area contributed by atoms with Crippen molar-refractivity contribution in [1.82, 2.24) is 4.90 Å². The van der Waals surface area contributed by atoms with Crippen molar-refractivity contribution >= 4 is 44.8 Å². The van der Waals surface area contributed by atoms with Crippen LogP contribution in [0.4, 0.5) is 15.8 Å². The molecule has 2 aliphatic heterocycles. The Hall–Kier alpha value is -2.15. The summed E-state index contributed by atoms with van der Waals surface area (Å²) in [5.74, 6) is -0.104. The Balaban J connectivity index is 1.18. The highest BCUT2D eigenvalue weighted by Crippen LogP contribution is 2.48. The Labute approximate surface area is 207 Å². The fourth-order valence-electron chi connectivity index (χ4n) is 4.76. The van der Waals surface area contributed by atoms with Crippen molar-refractivity contribution in [2.24, 2.45) is 5.92 Å². The van der Waals surface area contributed by atoms with E-state index in [0.717, 1.165) is 49.9 Å². The number of fused-ring (bicyclic) bond motifs is 2. The predicted octanol–water partition coefficient (Wildman–Crippen LogP) is 7.18. The van der Waals surface area contributed by atoms with E-state index < -0.39 is 0 Å². The number of nitrogens with zero attached hydrogens (tertiary/aromatic N) is 2. The SMILES string of the molecule is O=C(c1ccc(F)cc1)C1CCN(CCCN2c3ccccc3Sc3ccc(Br)cc32)CC1. The molecule has 0 amide bonds. The van der Waals surface area contributed by atoms with Crippen molar-refractivity contribution in [2.45, 2.75) is 29.1 Å². The fourth-order valence-corrected chi connectivity index (χ4v) is 6.19. The maximum absolute atomic E-state index is 13.2. The largest absolute Gasteiger partial charge is 0.340 e. The van der Waals surface area contributed by atoms with Gasteiger partial charge in [-0.3, -0.25) is 4.79 Å². The average molecular weight is 525 g/mol. The molecule has 0 atom stereocenters. The van der Waals surface area contributed by atoms with Crippen molar-refractivity contribution in [1.29, 1.82) is 0 Å². The number of anilines is 2. The van der Waals surface area contributed by atoms with Crippen molar-refractivity contribution in [3.63, 3.8) is 0 Å². The number of piperidine rings is 1. The Morgan fingerprint density at radius 2 is 1.67 bits per heavy atom. The van der Waals surface area contributed by atoms with E-state index in [9.17, 15) is 9.18 Å². The van der Waals surface area contributed by atoms with Gasteiger partial charge in [0.2, 0.25) is 0 Å². The standard InChI is InChI=1S/C27H26BrFN2OS/c28-21-8-11-26-24(18-21)31(23-4-1-2-5-25(23)33-26)15-3-14-30-16-12-20(13-17-30)27(32)19-6-9-22(29)10-7-19/h1-2,4-11,18,20H,3,12-17H2. The molecule has 2 aliphatic rings. The van der Waals surface area contributed by atoms with E-state index in [2.05, 4.69) is 68.2 Å². The summed E-state index contributed by atoms with van der Waals surface area (Å²) >= 11 is 5.47. The van der Waals surface area contributed by atoms with Gasteiger partial charge in [-0.15, -0.1) is 0 Å². The van der Waals surface area contributed by atoms with Crippen LogP contribution in [0.5, 0.6) is 0 Å². The lowest BCUT2D eigenvalue weighted by Crippen LogP contribution is -2.38. The molecule has 5 rings (SSSR count). The zero-order chi connectivity index (χ0) is 22.8. The number of rotatable bonds is 6. The first kappa shape index (κ1) is 22.6. The number of Topliss-reactive ketones (excluding diaryl/α,β-unsaturated/α-hetero) is 1. The van der Waals surface area contributed by atoms with Gasteiger partial charge in [0.05, 0.1) is 11.4 Å². The van der Waals surface area contributed by atoms with Crippen LogP contribution in [-0.4, -0.2) is 36.9 Å². The normalized spacial score (nSPS) is 16.4. The smallest absolute Gasteiger partial charge is 0.166 e. The number of hydrogen-bond acceptors (Lipinski definition) is 4. The highest BCUT2D eigenvalue weighted by atomic mass is 79.9. The van der Waals surface area contributed by atoms with E-state index in [1.54, 1.807) is 12.1 Å². The van der Waals surface area contributed by atoms with Crippen LogP contribution in [0.1, 0.15) is 29.6 Å². The van der Waals surface area contributed by atoms with Gasteiger partial charge in [0.25, 0.3) is 0 Å². The van der Waals surface area contributed by atoms with Crippen LogP contribution < -0.4 is 4.90 Å². The van der Waals surface area contributed by atoms with Gasteiger partial charge in [-0.2, -0.15) is 0 Å². The Kier molecular flexibility index (Phi) is 6.86. The van der Waals surface area contributed by atoms with Crippen LogP contribution in [-0.2, 0) is 0 Å². The zero-order valence-corrected chi connectivity index (χ0v) is 20.7. The molecule has 1 saturated heterocycles. The van der Waals surface area contributed by atoms with E-state index in [1.165, 1.54) is 33.3 Å². The fraction of sp³-hybridized carbons (Fsp3) is 0.296. The van der Waals surface area contributed by atoms with Gasteiger partial charge in [0.15, 0.2) is 5.78 Å². The van der Waals surface area contributed by atoms with Crippen LogP contribution in [0.2, 0.25) is 0 Å². The van der Waals surface area contributed by atoms with E-state index >= 15 is 0 Å². The van der Waals surface area contributed by atoms with Gasteiger partial charge in [0, 0.05) is 32.3 Å². The maximum atomic E-state index is 13.2. The monoisotopic (exact) mass is 524 g/mol. The molecular weight excluding hydrogens is 499 g/mol. The Morgan fingerprint density at radius 3 is 2.45 bits per heavy atom. The number of carbonyl (C=O) groups excluding carboxylic acids is 1. The summed E-state index contributed by atoms with van der Waals surface area (Å²) in [4.78, 5) is 20.2. The van der Waals surface area contributed by atoms with Crippen LogP contribution in [0.3, 0.4) is 0 Å². The third-order valence-electron chi connectivity index (χ3n) is 6.53. The van der Waals surface area contributed by atoms with Crippen molar-refractivity contribution in [3.05, 3.63) is 82.6 Å². The molecule has 0 unspecified atom stereocenters. The minimum atomic E-state index is -0.300. The molecule has 6 heteroatoms. The Morgan fingerprint density at radius 1 is 0.939 bits per heavy atom. The second-order valence-corrected chi connectivity index (χ2v) is 10.7.